The Morgan fingerprint density at radius 3 is 3.13 bits per heavy atom. The largest absolute Gasteiger partial charge is 0.333 e. The summed E-state index contributed by atoms with van der Waals surface area (Å²) in [5.41, 5.74) is 1.55. The number of aromatic nitrogens is 4. The second-order valence-corrected chi connectivity index (χ2v) is 7.14. The highest BCUT2D eigenvalue weighted by molar-refractivity contribution is 7.14. The van der Waals surface area contributed by atoms with Crippen LogP contribution in [0.5, 0.6) is 0 Å². The van der Waals surface area contributed by atoms with Crippen LogP contribution in [0.1, 0.15) is 28.6 Å². The van der Waals surface area contributed by atoms with Gasteiger partial charge in [0.2, 0.25) is 0 Å². The van der Waals surface area contributed by atoms with Crippen LogP contribution >= 0.6 is 22.7 Å². The monoisotopic (exact) mass is 345 g/mol. The molecule has 118 valence electrons. The maximum Gasteiger partial charge on any atom is 0.273 e. The molecule has 0 bridgehead atoms. The van der Waals surface area contributed by atoms with Crippen molar-refractivity contribution < 1.29 is 4.79 Å². The van der Waals surface area contributed by atoms with E-state index in [1.807, 2.05) is 22.2 Å². The summed E-state index contributed by atoms with van der Waals surface area (Å²) in [5.74, 6) is 1.79. The predicted molar refractivity (Wildman–Crippen MR) is 89.6 cm³/mol. The first-order valence-electron chi connectivity index (χ1n) is 7.37. The number of aryl methyl sites for hydroxylation is 1. The lowest BCUT2D eigenvalue weighted by atomic mass is 10.3. The third-order valence-electron chi connectivity index (χ3n) is 3.90. The van der Waals surface area contributed by atoms with E-state index in [1.165, 1.54) is 11.3 Å². The molecule has 3 aromatic rings. The van der Waals surface area contributed by atoms with Crippen LogP contribution in [0.25, 0.3) is 10.6 Å². The number of amides is 1. The van der Waals surface area contributed by atoms with Gasteiger partial charge in [0, 0.05) is 36.3 Å². The number of rotatable bonds is 4. The lowest BCUT2D eigenvalue weighted by Gasteiger charge is -2.15. The summed E-state index contributed by atoms with van der Waals surface area (Å²) in [4.78, 5) is 18.7. The van der Waals surface area contributed by atoms with Gasteiger partial charge in [0.25, 0.3) is 5.91 Å². The van der Waals surface area contributed by atoms with Gasteiger partial charge in [-0.25, -0.2) is 4.98 Å². The number of carbonyl (C=O) groups excluding carboxylic acids is 1. The summed E-state index contributed by atoms with van der Waals surface area (Å²) in [7, 11) is 1.78. The van der Waals surface area contributed by atoms with Crippen LogP contribution in [-0.4, -0.2) is 37.6 Å². The molecule has 1 amide bonds. The average molecular weight is 345 g/mol. The summed E-state index contributed by atoms with van der Waals surface area (Å²) < 4.78 is 2.11. The van der Waals surface area contributed by atoms with E-state index in [0.717, 1.165) is 41.6 Å². The van der Waals surface area contributed by atoms with E-state index in [0.29, 0.717) is 12.2 Å². The Hall–Kier alpha value is -2.06. The lowest BCUT2D eigenvalue weighted by Crippen LogP contribution is -2.28. The van der Waals surface area contributed by atoms with E-state index in [1.54, 1.807) is 23.3 Å². The molecule has 1 aliphatic heterocycles. The summed E-state index contributed by atoms with van der Waals surface area (Å²) in [5, 5.41) is 15.1. The summed E-state index contributed by atoms with van der Waals surface area (Å²) in [6.45, 7) is 1.40. The minimum absolute atomic E-state index is 0.0851. The fourth-order valence-electron chi connectivity index (χ4n) is 2.70. The standard InChI is InChI=1S/C15H15N5OS2/c1-19(7-13-18-17-12-3-2-5-20(12)13)15(21)11-9-23-14(16-11)10-4-6-22-8-10/h4,6,8-9H,2-3,5,7H2,1H3. The summed E-state index contributed by atoms with van der Waals surface area (Å²) in [6.07, 6.45) is 2.08. The van der Waals surface area contributed by atoms with E-state index in [9.17, 15) is 4.79 Å². The smallest absolute Gasteiger partial charge is 0.273 e. The molecule has 0 radical (unpaired) electrons. The SMILES string of the molecule is CN(Cc1nnc2n1CCC2)C(=O)c1csc(-c2ccsc2)n1. The molecule has 0 saturated heterocycles. The Labute approximate surface area is 141 Å². The van der Waals surface area contributed by atoms with Gasteiger partial charge in [-0.05, 0) is 17.9 Å². The van der Waals surface area contributed by atoms with Gasteiger partial charge in [-0.3, -0.25) is 4.79 Å². The van der Waals surface area contributed by atoms with Gasteiger partial charge in [-0.1, -0.05) is 0 Å². The van der Waals surface area contributed by atoms with Gasteiger partial charge in [0.05, 0.1) is 6.54 Å². The van der Waals surface area contributed by atoms with Crippen LogP contribution in [0.3, 0.4) is 0 Å². The van der Waals surface area contributed by atoms with Crippen molar-refractivity contribution in [2.24, 2.45) is 0 Å². The number of hydrogen-bond acceptors (Lipinski definition) is 6. The Balaban J connectivity index is 1.50. The molecule has 8 heteroatoms. The molecule has 0 spiro atoms. The topological polar surface area (TPSA) is 63.9 Å². The fourth-order valence-corrected chi connectivity index (χ4v) is 4.20. The number of fused-ring (bicyclic) bond motifs is 1. The highest BCUT2D eigenvalue weighted by Gasteiger charge is 2.21. The molecule has 0 unspecified atom stereocenters. The first kappa shape index (κ1) is 14.5. The van der Waals surface area contributed by atoms with Crippen molar-refractivity contribution in [1.29, 1.82) is 0 Å². The first-order chi connectivity index (χ1) is 11.2. The molecule has 4 heterocycles. The van der Waals surface area contributed by atoms with Crippen LogP contribution in [0.15, 0.2) is 22.2 Å². The van der Waals surface area contributed by atoms with Crippen LogP contribution < -0.4 is 0 Å². The quantitative estimate of drug-likeness (QED) is 0.729. The van der Waals surface area contributed by atoms with Crippen LogP contribution in [0.2, 0.25) is 0 Å². The van der Waals surface area contributed by atoms with Gasteiger partial charge < -0.3 is 9.47 Å². The normalized spacial score (nSPS) is 13.3. The molecule has 4 rings (SSSR count). The van der Waals surface area contributed by atoms with Gasteiger partial charge >= 0.3 is 0 Å². The Morgan fingerprint density at radius 1 is 1.39 bits per heavy atom. The first-order valence-corrected chi connectivity index (χ1v) is 9.19. The third kappa shape index (κ3) is 2.68. The maximum absolute atomic E-state index is 12.6. The zero-order chi connectivity index (χ0) is 15.8. The molecule has 0 atom stereocenters. The van der Waals surface area contributed by atoms with E-state index in [4.69, 9.17) is 0 Å². The molecule has 23 heavy (non-hydrogen) atoms. The summed E-state index contributed by atoms with van der Waals surface area (Å²) in [6, 6.07) is 2.01. The number of thiazole rings is 1. The van der Waals surface area contributed by atoms with Crippen molar-refractivity contribution >= 4 is 28.6 Å². The minimum Gasteiger partial charge on any atom is -0.333 e. The Morgan fingerprint density at radius 2 is 2.30 bits per heavy atom. The van der Waals surface area contributed by atoms with Crippen molar-refractivity contribution in [2.45, 2.75) is 25.9 Å². The molecular weight excluding hydrogens is 330 g/mol. The molecular formula is C15H15N5OS2. The molecule has 0 aromatic carbocycles. The minimum atomic E-state index is -0.0851. The number of hydrogen-bond donors (Lipinski definition) is 0. The highest BCUT2D eigenvalue weighted by Crippen LogP contribution is 2.26. The molecule has 1 aliphatic rings. The zero-order valence-corrected chi connectivity index (χ0v) is 14.2. The molecule has 0 fully saturated rings. The fraction of sp³-hybridized carbons (Fsp3) is 0.333. The van der Waals surface area contributed by atoms with E-state index in [2.05, 4.69) is 19.7 Å². The van der Waals surface area contributed by atoms with Crippen LogP contribution in [0, 0.1) is 0 Å². The molecule has 0 aliphatic carbocycles. The van der Waals surface area contributed by atoms with Crippen molar-refractivity contribution in [3.05, 3.63) is 39.5 Å². The van der Waals surface area contributed by atoms with Crippen molar-refractivity contribution in [1.82, 2.24) is 24.6 Å². The summed E-state index contributed by atoms with van der Waals surface area (Å²) >= 11 is 3.12. The van der Waals surface area contributed by atoms with Crippen molar-refractivity contribution in [3.8, 4) is 10.6 Å². The zero-order valence-electron chi connectivity index (χ0n) is 12.6. The lowest BCUT2D eigenvalue weighted by molar-refractivity contribution is 0.0775. The van der Waals surface area contributed by atoms with Crippen LogP contribution in [0.4, 0.5) is 0 Å². The van der Waals surface area contributed by atoms with E-state index >= 15 is 0 Å². The molecule has 3 aromatic heterocycles. The van der Waals surface area contributed by atoms with E-state index < -0.39 is 0 Å². The molecule has 6 nitrogen and oxygen atoms in total. The number of nitrogens with zero attached hydrogens (tertiary/aromatic N) is 5. The number of thiophene rings is 1. The van der Waals surface area contributed by atoms with Crippen molar-refractivity contribution in [3.63, 3.8) is 0 Å². The van der Waals surface area contributed by atoms with Crippen LogP contribution in [-0.2, 0) is 19.5 Å². The Bertz CT molecular complexity index is 836. The van der Waals surface area contributed by atoms with Gasteiger partial charge in [-0.2, -0.15) is 11.3 Å². The Kier molecular flexibility index (Phi) is 3.70. The molecule has 0 N–H and O–H groups in total. The predicted octanol–water partition coefficient (Wildman–Crippen LogP) is 2.68. The van der Waals surface area contributed by atoms with Crippen molar-refractivity contribution in [2.75, 3.05) is 7.05 Å². The second-order valence-electron chi connectivity index (χ2n) is 5.50. The van der Waals surface area contributed by atoms with Gasteiger partial charge in [0.15, 0.2) is 5.82 Å². The second kappa shape index (κ2) is 5.86. The number of carbonyl (C=O) groups is 1. The average Bonchev–Trinajstić information content (AvgIpc) is 3.31. The molecule has 0 saturated carbocycles. The third-order valence-corrected chi connectivity index (χ3v) is 5.48. The van der Waals surface area contributed by atoms with Gasteiger partial charge in [0.1, 0.15) is 16.5 Å². The van der Waals surface area contributed by atoms with E-state index in [-0.39, 0.29) is 5.91 Å². The van der Waals surface area contributed by atoms with Gasteiger partial charge in [-0.15, -0.1) is 21.5 Å². The maximum atomic E-state index is 12.6. The highest BCUT2D eigenvalue weighted by atomic mass is 32.1.